The van der Waals surface area contributed by atoms with Gasteiger partial charge in [-0.15, -0.1) is 0 Å². The molecule has 0 aliphatic heterocycles. The molecule has 0 aliphatic rings. The fraction of sp³-hybridized carbons (Fsp3) is 0.154. The number of hydrogen-bond donors (Lipinski definition) is 2. The minimum Gasteiger partial charge on any atom is -0.493 e. The van der Waals surface area contributed by atoms with Gasteiger partial charge in [-0.2, -0.15) is 0 Å². The maximum Gasteiger partial charge on any atom is 0.265 e. The molecule has 2 aromatic rings. The Morgan fingerprint density at radius 2 is 1.86 bits per heavy atom. The fourth-order valence-corrected chi connectivity index (χ4v) is 3.40. The maximum absolute atomic E-state index is 12.4. The molecule has 0 radical (unpaired) electrons. The average Bonchev–Trinajstić information content (AvgIpc) is 2.49. The van der Waals surface area contributed by atoms with Gasteiger partial charge >= 0.3 is 0 Å². The monoisotopic (exact) mass is 387 g/mol. The van der Waals surface area contributed by atoms with E-state index >= 15 is 0 Å². The predicted molar refractivity (Wildman–Crippen MR) is 86.7 cm³/mol. The van der Waals surface area contributed by atoms with Crippen LogP contribution in [-0.4, -0.2) is 27.6 Å². The first-order chi connectivity index (χ1) is 10.4. The second-order valence-electron chi connectivity index (χ2n) is 4.21. The van der Waals surface area contributed by atoms with E-state index in [0.717, 1.165) is 0 Å². The van der Waals surface area contributed by atoms with Crippen LogP contribution in [-0.2, 0) is 10.0 Å². The van der Waals surface area contributed by atoms with E-state index < -0.39 is 10.0 Å². The van der Waals surface area contributed by atoms with Crippen molar-refractivity contribution in [1.82, 2.24) is 4.98 Å². The number of hydrogen-bond acceptors (Lipinski definition) is 6. The maximum atomic E-state index is 12.4. The van der Waals surface area contributed by atoms with Gasteiger partial charge in [0.05, 0.1) is 19.9 Å². The number of ether oxygens (including phenoxy) is 2. The van der Waals surface area contributed by atoms with Crippen LogP contribution < -0.4 is 19.9 Å². The lowest BCUT2D eigenvalue weighted by molar-refractivity contribution is 0.355. The smallest absolute Gasteiger partial charge is 0.265 e. The standard InChI is InChI=1S/C13H14BrN3O4S/c1-20-10-4-3-9(6-11(10)21-2)17-22(18,19)12-5-8(14)7-16-13(12)15/h3-7,17H,1-2H3,(H2,15,16). The van der Waals surface area contributed by atoms with Gasteiger partial charge < -0.3 is 15.2 Å². The number of benzene rings is 1. The SMILES string of the molecule is COc1ccc(NS(=O)(=O)c2cc(Br)cnc2N)cc1OC. The minimum absolute atomic E-state index is 0.0869. The Morgan fingerprint density at radius 1 is 1.18 bits per heavy atom. The topological polar surface area (TPSA) is 104 Å². The van der Waals surface area contributed by atoms with Gasteiger partial charge in [0, 0.05) is 16.7 Å². The van der Waals surface area contributed by atoms with Crippen molar-refractivity contribution >= 4 is 37.5 Å². The van der Waals surface area contributed by atoms with Gasteiger partial charge in [-0.3, -0.25) is 4.72 Å². The number of halogens is 1. The highest BCUT2D eigenvalue weighted by Gasteiger charge is 2.20. The summed E-state index contributed by atoms with van der Waals surface area (Å²) >= 11 is 3.17. The number of methoxy groups -OCH3 is 2. The summed E-state index contributed by atoms with van der Waals surface area (Å²) in [6, 6.07) is 6.04. The second kappa shape index (κ2) is 6.41. The molecule has 3 N–H and O–H groups in total. The van der Waals surface area contributed by atoms with Gasteiger partial charge in [0.15, 0.2) is 11.5 Å². The first kappa shape index (κ1) is 16.4. The van der Waals surface area contributed by atoms with Gasteiger partial charge in [-0.05, 0) is 34.1 Å². The van der Waals surface area contributed by atoms with Crippen LogP contribution >= 0.6 is 15.9 Å². The summed E-state index contributed by atoms with van der Waals surface area (Å²) in [7, 11) is -0.915. The van der Waals surface area contributed by atoms with E-state index in [1.54, 1.807) is 12.1 Å². The van der Waals surface area contributed by atoms with Crippen LogP contribution in [0.5, 0.6) is 11.5 Å². The van der Waals surface area contributed by atoms with Crippen molar-refractivity contribution in [3.63, 3.8) is 0 Å². The molecule has 1 aromatic heterocycles. The second-order valence-corrected chi connectivity index (χ2v) is 6.78. The number of nitrogens with two attached hydrogens (primary N) is 1. The van der Waals surface area contributed by atoms with Gasteiger partial charge in [0.1, 0.15) is 10.7 Å². The summed E-state index contributed by atoms with van der Waals surface area (Å²) in [4.78, 5) is 3.70. The van der Waals surface area contributed by atoms with Gasteiger partial charge in [0.25, 0.3) is 10.0 Å². The third kappa shape index (κ3) is 3.42. The van der Waals surface area contributed by atoms with Crippen molar-refractivity contribution in [2.24, 2.45) is 0 Å². The van der Waals surface area contributed by atoms with Crippen molar-refractivity contribution in [3.05, 3.63) is 34.9 Å². The van der Waals surface area contributed by atoms with E-state index in [-0.39, 0.29) is 10.7 Å². The lowest BCUT2D eigenvalue weighted by Gasteiger charge is -2.12. The molecule has 0 bridgehead atoms. The highest BCUT2D eigenvalue weighted by atomic mass is 79.9. The molecular formula is C13H14BrN3O4S. The molecule has 0 spiro atoms. The molecule has 1 heterocycles. The molecule has 0 aliphatic carbocycles. The molecule has 0 fully saturated rings. The van der Waals surface area contributed by atoms with E-state index in [0.29, 0.717) is 21.7 Å². The normalized spacial score (nSPS) is 11.0. The van der Waals surface area contributed by atoms with Crippen molar-refractivity contribution < 1.29 is 17.9 Å². The largest absolute Gasteiger partial charge is 0.493 e. The Hall–Kier alpha value is -2.00. The zero-order valence-electron chi connectivity index (χ0n) is 11.8. The van der Waals surface area contributed by atoms with Crippen LogP contribution in [0, 0.1) is 0 Å². The van der Waals surface area contributed by atoms with Crippen molar-refractivity contribution in [1.29, 1.82) is 0 Å². The van der Waals surface area contributed by atoms with E-state index in [9.17, 15) is 8.42 Å². The zero-order valence-corrected chi connectivity index (χ0v) is 14.2. The Kier molecular flexibility index (Phi) is 4.77. The number of pyridine rings is 1. The summed E-state index contributed by atoms with van der Waals surface area (Å²) in [5.74, 6) is 0.813. The van der Waals surface area contributed by atoms with Crippen molar-refractivity contribution in [3.8, 4) is 11.5 Å². The molecule has 2 rings (SSSR count). The van der Waals surface area contributed by atoms with Crippen LogP contribution in [0.1, 0.15) is 0 Å². The molecule has 0 amide bonds. The Bertz CT molecular complexity index is 796. The lowest BCUT2D eigenvalue weighted by Crippen LogP contribution is -2.15. The van der Waals surface area contributed by atoms with Crippen LogP contribution in [0.15, 0.2) is 39.8 Å². The summed E-state index contributed by atoms with van der Waals surface area (Å²) in [5.41, 5.74) is 5.95. The van der Waals surface area contributed by atoms with Gasteiger partial charge in [-0.25, -0.2) is 13.4 Å². The first-order valence-corrected chi connectivity index (χ1v) is 8.31. The zero-order chi connectivity index (χ0) is 16.3. The molecule has 0 unspecified atom stereocenters. The lowest BCUT2D eigenvalue weighted by atomic mass is 10.3. The molecule has 0 atom stereocenters. The summed E-state index contributed by atoms with van der Waals surface area (Å²) in [6.07, 6.45) is 1.42. The number of nitrogen functional groups attached to an aromatic ring is 1. The number of aromatic nitrogens is 1. The molecule has 7 nitrogen and oxygen atoms in total. The summed E-state index contributed by atoms with van der Waals surface area (Å²) < 4.78 is 38.0. The fourth-order valence-electron chi connectivity index (χ4n) is 1.76. The van der Waals surface area contributed by atoms with E-state index in [2.05, 4.69) is 25.6 Å². The molecule has 118 valence electrons. The van der Waals surface area contributed by atoms with Crippen LogP contribution in [0.25, 0.3) is 0 Å². The third-order valence-electron chi connectivity index (χ3n) is 2.77. The number of rotatable bonds is 5. The van der Waals surface area contributed by atoms with Gasteiger partial charge in [-0.1, -0.05) is 0 Å². The molecule has 22 heavy (non-hydrogen) atoms. The number of sulfonamides is 1. The quantitative estimate of drug-likeness (QED) is 0.814. The molecule has 1 aromatic carbocycles. The Labute approximate surface area is 136 Å². The molecule has 0 saturated carbocycles. The Balaban J connectivity index is 2.39. The average molecular weight is 388 g/mol. The van der Waals surface area contributed by atoms with E-state index in [1.807, 2.05) is 0 Å². The molecule has 0 saturated heterocycles. The first-order valence-electron chi connectivity index (χ1n) is 6.03. The summed E-state index contributed by atoms with van der Waals surface area (Å²) in [6.45, 7) is 0. The van der Waals surface area contributed by atoms with E-state index in [4.69, 9.17) is 15.2 Å². The highest BCUT2D eigenvalue weighted by Crippen LogP contribution is 2.31. The summed E-state index contributed by atoms with van der Waals surface area (Å²) in [5, 5.41) is 0. The number of nitrogens with zero attached hydrogens (tertiary/aromatic N) is 1. The molecule has 9 heteroatoms. The van der Waals surface area contributed by atoms with E-state index in [1.165, 1.54) is 32.5 Å². The van der Waals surface area contributed by atoms with Gasteiger partial charge in [0.2, 0.25) is 0 Å². The third-order valence-corrected chi connectivity index (χ3v) is 4.62. The van der Waals surface area contributed by atoms with Crippen LogP contribution in [0.2, 0.25) is 0 Å². The Morgan fingerprint density at radius 3 is 2.50 bits per heavy atom. The number of anilines is 2. The van der Waals surface area contributed by atoms with Crippen molar-refractivity contribution in [2.45, 2.75) is 4.90 Å². The minimum atomic E-state index is -3.87. The predicted octanol–water partition coefficient (Wildman–Crippen LogP) is 2.24. The number of nitrogens with one attached hydrogen (secondary N) is 1. The molecular weight excluding hydrogens is 374 g/mol. The van der Waals surface area contributed by atoms with Crippen LogP contribution in [0.4, 0.5) is 11.5 Å². The van der Waals surface area contributed by atoms with Crippen LogP contribution in [0.3, 0.4) is 0 Å². The highest BCUT2D eigenvalue weighted by molar-refractivity contribution is 9.10. The van der Waals surface area contributed by atoms with Crippen molar-refractivity contribution in [2.75, 3.05) is 24.7 Å².